The summed E-state index contributed by atoms with van der Waals surface area (Å²) >= 11 is 0. The molecule has 0 aromatic carbocycles. The molecular formula is C18H23N5O2. The van der Waals surface area contributed by atoms with E-state index in [1.165, 1.54) is 0 Å². The van der Waals surface area contributed by atoms with Crippen LogP contribution in [0.5, 0.6) is 0 Å². The van der Waals surface area contributed by atoms with Crippen LogP contribution in [0.3, 0.4) is 0 Å². The third kappa shape index (κ3) is 3.04. The van der Waals surface area contributed by atoms with Gasteiger partial charge in [0.2, 0.25) is 0 Å². The van der Waals surface area contributed by atoms with E-state index in [1.807, 2.05) is 24.3 Å². The minimum atomic E-state index is 0.0225. The van der Waals surface area contributed by atoms with Crippen molar-refractivity contribution in [3.8, 4) is 0 Å². The van der Waals surface area contributed by atoms with Gasteiger partial charge in [-0.25, -0.2) is 15.0 Å². The molecule has 0 saturated carbocycles. The quantitative estimate of drug-likeness (QED) is 0.845. The standard InChI is InChI=1S/C18H23N5O2/c1-22-8-5-21-16(22)17(24)23-6-2-18(3-7-23)4-9-25-15(18)10-14-11-19-13-20-12-14/h5,8,11-13,15H,2-4,6-7,9-10H2,1H3/t15-/m1/s1. The van der Waals surface area contributed by atoms with Crippen molar-refractivity contribution < 1.29 is 9.53 Å². The molecule has 0 N–H and O–H groups in total. The Morgan fingerprint density at radius 1 is 1.28 bits per heavy atom. The predicted octanol–water partition coefficient (Wildman–Crippen LogP) is 1.46. The molecule has 25 heavy (non-hydrogen) atoms. The van der Waals surface area contributed by atoms with E-state index < -0.39 is 0 Å². The van der Waals surface area contributed by atoms with Gasteiger partial charge < -0.3 is 14.2 Å². The number of aryl methyl sites for hydroxylation is 1. The topological polar surface area (TPSA) is 73.1 Å². The van der Waals surface area contributed by atoms with Crippen LogP contribution in [-0.2, 0) is 18.2 Å². The third-order valence-corrected chi connectivity index (χ3v) is 5.70. The fourth-order valence-corrected chi connectivity index (χ4v) is 4.11. The van der Waals surface area contributed by atoms with Crippen molar-refractivity contribution in [3.63, 3.8) is 0 Å². The van der Waals surface area contributed by atoms with Gasteiger partial charge in [-0.15, -0.1) is 0 Å². The van der Waals surface area contributed by atoms with E-state index in [0.29, 0.717) is 5.82 Å². The fraction of sp³-hybridized carbons (Fsp3) is 0.556. The van der Waals surface area contributed by atoms with Gasteiger partial charge in [0.25, 0.3) is 5.91 Å². The molecule has 132 valence electrons. The number of aromatic nitrogens is 4. The van der Waals surface area contributed by atoms with Crippen LogP contribution in [-0.4, -0.2) is 56.1 Å². The third-order valence-electron chi connectivity index (χ3n) is 5.70. The molecule has 2 aliphatic heterocycles. The molecule has 2 aromatic rings. The largest absolute Gasteiger partial charge is 0.377 e. The average Bonchev–Trinajstić information content (AvgIpc) is 3.23. The summed E-state index contributed by atoms with van der Waals surface area (Å²) in [5.41, 5.74) is 1.27. The number of carbonyl (C=O) groups excluding carboxylic acids is 1. The van der Waals surface area contributed by atoms with Crippen LogP contribution in [0.15, 0.2) is 31.1 Å². The molecule has 0 unspecified atom stereocenters. The Balaban J connectivity index is 1.43. The van der Waals surface area contributed by atoms with Gasteiger partial charge in [0.15, 0.2) is 5.82 Å². The Bertz CT molecular complexity index is 737. The Labute approximate surface area is 147 Å². The lowest BCUT2D eigenvalue weighted by Gasteiger charge is -2.42. The van der Waals surface area contributed by atoms with Gasteiger partial charge >= 0.3 is 0 Å². The van der Waals surface area contributed by atoms with Crippen molar-refractivity contribution >= 4 is 5.91 Å². The number of ether oxygens (including phenoxy) is 1. The van der Waals surface area contributed by atoms with Gasteiger partial charge in [0.05, 0.1) is 6.10 Å². The van der Waals surface area contributed by atoms with E-state index in [9.17, 15) is 4.79 Å². The molecule has 1 spiro atoms. The minimum Gasteiger partial charge on any atom is -0.377 e. The number of hydrogen-bond donors (Lipinski definition) is 0. The van der Waals surface area contributed by atoms with Crippen LogP contribution in [0.2, 0.25) is 0 Å². The Hall–Kier alpha value is -2.28. The normalized spacial score (nSPS) is 22.4. The number of carbonyl (C=O) groups is 1. The molecule has 7 heteroatoms. The average molecular weight is 341 g/mol. The highest BCUT2D eigenvalue weighted by molar-refractivity contribution is 5.90. The van der Waals surface area contributed by atoms with E-state index >= 15 is 0 Å². The SMILES string of the molecule is Cn1ccnc1C(=O)N1CCC2(CCO[C@@H]2Cc2cncnc2)CC1. The molecule has 4 heterocycles. The highest BCUT2D eigenvalue weighted by Crippen LogP contribution is 2.45. The Morgan fingerprint density at radius 2 is 2.04 bits per heavy atom. The van der Waals surface area contributed by atoms with Crippen LogP contribution in [0, 0.1) is 5.41 Å². The summed E-state index contributed by atoms with van der Waals surface area (Å²) < 4.78 is 7.84. The second-order valence-corrected chi connectivity index (χ2v) is 7.08. The highest BCUT2D eigenvalue weighted by atomic mass is 16.5. The number of amides is 1. The molecule has 2 saturated heterocycles. The summed E-state index contributed by atoms with van der Waals surface area (Å²) in [6.07, 6.45) is 12.8. The van der Waals surface area contributed by atoms with E-state index in [4.69, 9.17) is 4.74 Å². The van der Waals surface area contributed by atoms with Crippen molar-refractivity contribution in [2.45, 2.75) is 31.8 Å². The maximum absolute atomic E-state index is 12.7. The van der Waals surface area contributed by atoms with E-state index in [2.05, 4.69) is 15.0 Å². The summed E-state index contributed by atoms with van der Waals surface area (Å²) in [4.78, 5) is 27.0. The summed E-state index contributed by atoms with van der Waals surface area (Å²) in [5, 5.41) is 0. The van der Waals surface area contributed by atoms with Crippen LogP contribution >= 0.6 is 0 Å². The predicted molar refractivity (Wildman–Crippen MR) is 90.9 cm³/mol. The lowest BCUT2D eigenvalue weighted by molar-refractivity contribution is 0.00935. The van der Waals surface area contributed by atoms with Crippen molar-refractivity contribution in [1.29, 1.82) is 0 Å². The van der Waals surface area contributed by atoms with Gasteiger partial charge in [0, 0.05) is 63.4 Å². The van der Waals surface area contributed by atoms with Gasteiger partial charge in [0.1, 0.15) is 6.33 Å². The first kappa shape index (κ1) is 16.2. The molecule has 2 fully saturated rings. The van der Waals surface area contributed by atoms with Gasteiger partial charge in [-0.1, -0.05) is 0 Å². The molecule has 1 atom stereocenters. The number of rotatable bonds is 3. The van der Waals surface area contributed by atoms with Crippen molar-refractivity contribution in [2.75, 3.05) is 19.7 Å². The maximum Gasteiger partial charge on any atom is 0.289 e. The fourth-order valence-electron chi connectivity index (χ4n) is 4.11. The zero-order chi connectivity index (χ0) is 17.3. The monoisotopic (exact) mass is 341 g/mol. The van der Waals surface area contributed by atoms with E-state index in [-0.39, 0.29) is 17.4 Å². The Morgan fingerprint density at radius 3 is 2.72 bits per heavy atom. The molecule has 0 radical (unpaired) electrons. The first-order valence-electron chi connectivity index (χ1n) is 8.80. The minimum absolute atomic E-state index is 0.0225. The second-order valence-electron chi connectivity index (χ2n) is 7.08. The Kier molecular flexibility index (Phi) is 4.25. The molecule has 4 rings (SSSR count). The van der Waals surface area contributed by atoms with Crippen LogP contribution in [0.4, 0.5) is 0 Å². The molecular weight excluding hydrogens is 318 g/mol. The van der Waals surface area contributed by atoms with Crippen LogP contribution < -0.4 is 0 Å². The highest BCUT2D eigenvalue weighted by Gasteiger charge is 2.46. The van der Waals surface area contributed by atoms with Gasteiger partial charge in [-0.3, -0.25) is 4.79 Å². The van der Waals surface area contributed by atoms with E-state index in [1.54, 1.807) is 23.3 Å². The summed E-state index contributed by atoms with van der Waals surface area (Å²) in [5.74, 6) is 0.533. The van der Waals surface area contributed by atoms with Gasteiger partial charge in [-0.05, 0) is 24.8 Å². The molecule has 2 aromatic heterocycles. The lowest BCUT2D eigenvalue weighted by Crippen LogP contribution is -2.47. The smallest absolute Gasteiger partial charge is 0.289 e. The molecule has 1 amide bonds. The lowest BCUT2D eigenvalue weighted by atomic mass is 9.71. The van der Waals surface area contributed by atoms with Crippen molar-refractivity contribution in [1.82, 2.24) is 24.4 Å². The number of imidazole rings is 1. The number of hydrogen-bond acceptors (Lipinski definition) is 5. The van der Waals surface area contributed by atoms with Crippen LogP contribution in [0.1, 0.15) is 35.4 Å². The number of nitrogens with zero attached hydrogens (tertiary/aromatic N) is 5. The molecule has 0 aliphatic carbocycles. The summed E-state index contributed by atoms with van der Waals surface area (Å²) in [6.45, 7) is 2.32. The van der Waals surface area contributed by atoms with Crippen molar-refractivity contribution in [3.05, 3.63) is 42.5 Å². The molecule has 2 aliphatic rings. The summed E-state index contributed by atoms with van der Waals surface area (Å²) in [6, 6.07) is 0. The van der Waals surface area contributed by atoms with Gasteiger partial charge in [-0.2, -0.15) is 0 Å². The zero-order valence-corrected chi connectivity index (χ0v) is 14.5. The zero-order valence-electron chi connectivity index (χ0n) is 14.5. The van der Waals surface area contributed by atoms with Crippen LogP contribution in [0.25, 0.3) is 0 Å². The molecule has 7 nitrogen and oxygen atoms in total. The molecule has 0 bridgehead atoms. The van der Waals surface area contributed by atoms with Crippen molar-refractivity contribution in [2.24, 2.45) is 12.5 Å². The van der Waals surface area contributed by atoms with E-state index in [0.717, 1.165) is 50.9 Å². The second kappa shape index (κ2) is 6.55. The number of likely N-dealkylation sites (tertiary alicyclic amines) is 1. The number of piperidine rings is 1. The first-order valence-corrected chi connectivity index (χ1v) is 8.80. The summed E-state index contributed by atoms with van der Waals surface area (Å²) in [7, 11) is 1.86. The first-order chi connectivity index (χ1) is 12.2. The maximum atomic E-state index is 12.7.